The van der Waals surface area contributed by atoms with Gasteiger partial charge in [-0.1, -0.05) is 20.8 Å². The molecule has 0 aliphatic heterocycles. The number of rotatable bonds is 5. The summed E-state index contributed by atoms with van der Waals surface area (Å²) < 4.78 is 4.98. The highest BCUT2D eigenvalue weighted by molar-refractivity contribution is 7.14. The quantitative estimate of drug-likeness (QED) is 0.828. The second kappa shape index (κ2) is 6.36. The number of aromatic nitrogens is 3. The summed E-state index contributed by atoms with van der Waals surface area (Å²) in [4.78, 5) is 16.4. The number of ether oxygens (including phenoxy) is 1. The van der Waals surface area contributed by atoms with E-state index >= 15 is 0 Å². The van der Waals surface area contributed by atoms with Crippen LogP contribution in [0.1, 0.15) is 26.5 Å². The summed E-state index contributed by atoms with van der Waals surface area (Å²) in [5.41, 5.74) is 1.69. The summed E-state index contributed by atoms with van der Waals surface area (Å²) in [6.45, 7) is 7.45. The summed E-state index contributed by atoms with van der Waals surface area (Å²) in [6, 6.07) is 1.81. The van der Waals surface area contributed by atoms with Gasteiger partial charge in [0.05, 0.1) is 23.6 Å². The van der Waals surface area contributed by atoms with Crippen LogP contribution >= 0.6 is 11.3 Å². The van der Waals surface area contributed by atoms with E-state index in [1.165, 1.54) is 11.3 Å². The first-order valence-corrected chi connectivity index (χ1v) is 7.58. The zero-order valence-corrected chi connectivity index (χ0v) is 13.5. The Morgan fingerprint density at radius 3 is 2.86 bits per heavy atom. The lowest BCUT2D eigenvalue weighted by Gasteiger charge is -2.17. The standard InChI is InChI=1S/C14H20N4O2S/c1-14(2,3)11-7-9(12(19)18-17-11)10-8-21-13(16-10)15-5-6-20-4/h7-8H,5-6H2,1-4H3,(H,15,16)(H,18,19). The molecule has 0 saturated carbocycles. The van der Waals surface area contributed by atoms with E-state index in [1.54, 1.807) is 7.11 Å². The molecule has 6 nitrogen and oxygen atoms in total. The van der Waals surface area contributed by atoms with Crippen molar-refractivity contribution in [2.45, 2.75) is 26.2 Å². The molecule has 7 heteroatoms. The van der Waals surface area contributed by atoms with Crippen LogP contribution in [0.4, 0.5) is 5.13 Å². The molecule has 2 aromatic heterocycles. The van der Waals surface area contributed by atoms with Crippen molar-refractivity contribution in [2.24, 2.45) is 0 Å². The van der Waals surface area contributed by atoms with Crippen LogP contribution in [-0.2, 0) is 10.2 Å². The van der Waals surface area contributed by atoms with Gasteiger partial charge in [0.1, 0.15) is 0 Å². The Balaban J connectivity index is 2.27. The molecule has 2 rings (SSSR count). The van der Waals surface area contributed by atoms with Crippen LogP contribution in [0.5, 0.6) is 0 Å². The maximum Gasteiger partial charge on any atom is 0.273 e. The van der Waals surface area contributed by atoms with Crippen LogP contribution in [0.15, 0.2) is 16.2 Å². The normalized spacial score (nSPS) is 11.6. The summed E-state index contributed by atoms with van der Waals surface area (Å²) in [7, 11) is 1.65. The Morgan fingerprint density at radius 1 is 1.43 bits per heavy atom. The molecule has 0 unspecified atom stereocenters. The van der Waals surface area contributed by atoms with E-state index in [0.29, 0.717) is 24.4 Å². The lowest BCUT2D eigenvalue weighted by Crippen LogP contribution is -2.20. The minimum absolute atomic E-state index is 0.130. The molecule has 0 atom stereocenters. The number of nitrogens with zero attached hydrogens (tertiary/aromatic N) is 2. The van der Waals surface area contributed by atoms with Gasteiger partial charge in [-0.25, -0.2) is 10.1 Å². The van der Waals surface area contributed by atoms with Crippen molar-refractivity contribution < 1.29 is 4.74 Å². The lowest BCUT2D eigenvalue weighted by atomic mass is 9.91. The van der Waals surface area contributed by atoms with E-state index in [2.05, 4.69) is 41.3 Å². The largest absolute Gasteiger partial charge is 0.383 e. The molecule has 0 aliphatic carbocycles. The van der Waals surface area contributed by atoms with Crippen LogP contribution < -0.4 is 10.9 Å². The fourth-order valence-electron chi connectivity index (χ4n) is 1.72. The van der Waals surface area contributed by atoms with Crippen molar-refractivity contribution in [2.75, 3.05) is 25.6 Å². The van der Waals surface area contributed by atoms with Crippen LogP contribution in [0.3, 0.4) is 0 Å². The summed E-state index contributed by atoms with van der Waals surface area (Å²) in [5, 5.41) is 12.5. The van der Waals surface area contributed by atoms with Gasteiger partial charge < -0.3 is 10.1 Å². The van der Waals surface area contributed by atoms with Crippen LogP contribution in [0, 0.1) is 0 Å². The fraction of sp³-hybridized carbons (Fsp3) is 0.500. The third-order valence-corrected chi connectivity index (χ3v) is 3.73. The minimum Gasteiger partial charge on any atom is -0.383 e. The van der Waals surface area contributed by atoms with Crippen molar-refractivity contribution >= 4 is 16.5 Å². The molecule has 114 valence electrons. The first kappa shape index (κ1) is 15.7. The molecule has 0 saturated heterocycles. The fourth-order valence-corrected chi connectivity index (χ4v) is 2.46. The van der Waals surface area contributed by atoms with E-state index in [0.717, 1.165) is 10.8 Å². The third kappa shape index (κ3) is 3.89. The van der Waals surface area contributed by atoms with E-state index in [1.807, 2.05) is 11.4 Å². The number of H-pyrrole nitrogens is 1. The van der Waals surface area contributed by atoms with Gasteiger partial charge in [0.25, 0.3) is 5.56 Å². The van der Waals surface area contributed by atoms with Crippen LogP contribution in [0.2, 0.25) is 0 Å². The van der Waals surface area contributed by atoms with Gasteiger partial charge in [-0.2, -0.15) is 5.10 Å². The second-order valence-corrected chi connectivity index (χ2v) is 6.56. The Labute approximate surface area is 127 Å². The highest BCUT2D eigenvalue weighted by Crippen LogP contribution is 2.25. The molecule has 0 aliphatic rings. The zero-order chi connectivity index (χ0) is 15.5. The zero-order valence-electron chi connectivity index (χ0n) is 12.7. The van der Waals surface area contributed by atoms with Gasteiger partial charge in [0.2, 0.25) is 0 Å². The van der Waals surface area contributed by atoms with Crippen LogP contribution in [0.25, 0.3) is 11.3 Å². The number of hydrogen-bond donors (Lipinski definition) is 2. The number of nitrogens with one attached hydrogen (secondary N) is 2. The third-order valence-electron chi connectivity index (χ3n) is 2.93. The monoisotopic (exact) mass is 308 g/mol. The maximum atomic E-state index is 12.0. The topological polar surface area (TPSA) is 79.9 Å². The SMILES string of the molecule is COCCNc1nc(-c2cc(C(C)(C)C)n[nH]c2=O)cs1. The Hall–Kier alpha value is -1.73. The predicted molar refractivity (Wildman–Crippen MR) is 85.0 cm³/mol. The summed E-state index contributed by atoms with van der Waals surface area (Å²) in [5.74, 6) is 0. The molecule has 0 amide bonds. The highest BCUT2D eigenvalue weighted by atomic mass is 32.1. The molecular weight excluding hydrogens is 288 g/mol. The lowest BCUT2D eigenvalue weighted by molar-refractivity contribution is 0.211. The number of hydrogen-bond acceptors (Lipinski definition) is 6. The average molecular weight is 308 g/mol. The van der Waals surface area contributed by atoms with Crippen molar-refractivity contribution in [3.63, 3.8) is 0 Å². The number of anilines is 1. The van der Waals surface area contributed by atoms with E-state index < -0.39 is 0 Å². The molecule has 2 heterocycles. The Bertz CT molecular complexity index is 657. The summed E-state index contributed by atoms with van der Waals surface area (Å²) >= 11 is 1.47. The second-order valence-electron chi connectivity index (χ2n) is 5.70. The van der Waals surface area contributed by atoms with E-state index in [9.17, 15) is 4.79 Å². The van der Waals surface area contributed by atoms with Crippen LogP contribution in [-0.4, -0.2) is 35.4 Å². The average Bonchev–Trinajstić information content (AvgIpc) is 2.87. The number of thiazole rings is 1. The van der Waals surface area contributed by atoms with Crippen molar-refractivity contribution in [1.29, 1.82) is 0 Å². The van der Waals surface area contributed by atoms with Gasteiger partial charge in [-0.15, -0.1) is 11.3 Å². The van der Waals surface area contributed by atoms with E-state index in [4.69, 9.17) is 4.74 Å². The first-order chi connectivity index (χ1) is 9.91. The molecule has 0 spiro atoms. The van der Waals surface area contributed by atoms with E-state index in [-0.39, 0.29) is 11.0 Å². The van der Waals surface area contributed by atoms with Gasteiger partial charge in [0.15, 0.2) is 5.13 Å². The molecule has 0 radical (unpaired) electrons. The number of methoxy groups -OCH3 is 1. The highest BCUT2D eigenvalue weighted by Gasteiger charge is 2.18. The van der Waals surface area contributed by atoms with Gasteiger partial charge in [-0.3, -0.25) is 4.79 Å². The first-order valence-electron chi connectivity index (χ1n) is 6.70. The molecule has 0 aromatic carbocycles. The van der Waals surface area contributed by atoms with Crippen molar-refractivity contribution in [1.82, 2.24) is 15.2 Å². The molecular formula is C14H20N4O2S. The minimum atomic E-state index is -0.225. The molecule has 2 N–H and O–H groups in total. The van der Waals surface area contributed by atoms with Crippen molar-refractivity contribution in [3.8, 4) is 11.3 Å². The molecule has 2 aromatic rings. The predicted octanol–water partition coefficient (Wildman–Crippen LogP) is 2.25. The molecule has 21 heavy (non-hydrogen) atoms. The van der Waals surface area contributed by atoms with Gasteiger partial charge in [0, 0.05) is 24.4 Å². The summed E-state index contributed by atoms with van der Waals surface area (Å²) in [6.07, 6.45) is 0. The number of aromatic amines is 1. The Morgan fingerprint density at radius 2 is 2.19 bits per heavy atom. The smallest absolute Gasteiger partial charge is 0.273 e. The molecule has 0 fully saturated rings. The maximum absolute atomic E-state index is 12.0. The van der Waals surface area contributed by atoms with Crippen molar-refractivity contribution in [3.05, 3.63) is 27.5 Å². The Kier molecular flexibility index (Phi) is 4.74. The molecule has 0 bridgehead atoms. The van der Waals surface area contributed by atoms with Gasteiger partial charge >= 0.3 is 0 Å². The van der Waals surface area contributed by atoms with Gasteiger partial charge in [-0.05, 0) is 6.07 Å².